The molecule has 8 heteroatoms. The molecule has 226 valence electrons. The summed E-state index contributed by atoms with van der Waals surface area (Å²) < 4.78 is 11.0. The number of pyridine rings is 1. The summed E-state index contributed by atoms with van der Waals surface area (Å²) in [5.74, 6) is 0.752. The lowest BCUT2D eigenvalue weighted by Gasteiger charge is -2.22. The lowest BCUT2D eigenvalue weighted by Crippen LogP contribution is -2.34. The standard InChI is InChI=1S/C36H36N2O6/c1-5-6-7-8-23-16-22-15-21-11-12-36(30(21)33(41)29(22)20-38-23)18-27-28(19-36)32(40)26-17-24(9-10-25(26)31(27)39)43-14-13-37-34(42)44-35(2,3)4/h5-10,15-20,39-41H,11-14H2,1-4H3,(H,37,42)/b6-5+,8-7+/t36-/m0/s1. The fraction of sp³-hybridized carbons (Fsp3) is 0.278. The number of carbonyl (C=O) groups excluding carboxylic acids is 1. The van der Waals surface area contributed by atoms with E-state index in [-0.39, 0.29) is 30.4 Å². The van der Waals surface area contributed by atoms with E-state index in [0.29, 0.717) is 38.8 Å². The average molecular weight is 593 g/mol. The predicted octanol–water partition coefficient (Wildman–Crippen LogP) is 5.46. The Bertz CT molecular complexity index is 2000. The molecule has 6 rings (SSSR count). The van der Waals surface area contributed by atoms with Gasteiger partial charge in [0.15, 0.2) is 0 Å². The second kappa shape index (κ2) is 10.9. The molecule has 0 bridgehead atoms. The van der Waals surface area contributed by atoms with Crippen molar-refractivity contribution in [3.63, 3.8) is 0 Å². The number of nitrogens with one attached hydrogen (secondary N) is 1. The van der Waals surface area contributed by atoms with Crippen molar-refractivity contribution in [2.24, 2.45) is 0 Å². The lowest BCUT2D eigenvalue weighted by molar-refractivity contribution is 0.0520. The van der Waals surface area contributed by atoms with Crippen molar-refractivity contribution in [3.05, 3.63) is 82.0 Å². The maximum Gasteiger partial charge on any atom is 0.407 e. The monoisotopic (exact) mass is 592 g/mol. The zero-order valence-electron chi connectivity index (χ0n) is 25.3. The molecule has 3 aromatic carbocycles. The first kappa shape index (κ1) is 29.1. The molecule has 0 fully saturated rings. The van der Waals surface area contributed by atoms with Gasteiger partial charge in [0, 0.05) is 43.8 Å². The van der Waals surface area contributed by atoms with Crippen LogP contribution in [0.4, 0.5) is 4.79 Å². The number of amides is 1. The summed E-state index contributed by atoms with van der Waals surface area (Å²) in [7, 11) is 0. The number of ether oxygens (including phenoxy) is 2. The molecule has 0 saturated carbocycles. The molecule has 4 N–H and O–H groups in total. The Kier molecular flexibility index (Phi) is 7.24. The highest BCUT2D eigenvalue weighted by Crippen LogP contribution is 2.50. The molecule has 4 aromatic rings. The van der Waals surface area contributed by atoms with E-state index in [1.165, 1.54) is 0 Å². The highest BCUT2D eigenvalue weighted by Gasteiger charge is 2.41. The number of alkyl carbamates (subject to hydrolysis) is 1. The smallest absolute Gasteiger partial charge is 0.407 e. The van der Waals surface area contributed by atoms with Crippen molar-refractivity contribution >= 4 is 45.9 Å². The van der Waals surface area contributed by atoms with Crippen LogP contribution in [-0.2, 0) is 16.6 Å². The van der Waals surface area contributed by atoms with Gasteiger partial charge in [0.2, 0.25) is 0 Å². The van der Waals surface area contributed by atoms with E-state index in [1.54, 1.807) is 45.2 Å². The summed E-state index contributed by atoms with van der Waals surface area (Å²) in [6.45, 7) is 7.76. The third-order valence-electron chi connectivity index (χ3n) is 8.09. The molecule has 0 saturated heterocycles. The van der Waals surface area contributed by atoms with Crippen LogP contribution in [-0.4, -0.2) is 45.1 Å². The zero-order chi connectivity index (χ0) is 31.2. The van der Waals surface area contributed by atoms with E-state index in [0.717, 1.165) is 28.6 Å². The number of aryl methyl sites for hydroxylation is 1. The Labute approximate surface area is 255 Å². The maximum absolute atomic E-state index is 11.9. The van der Waals surface area contributed by atoms with Crippen LogP contribution in [0.1, 0.15) is 50.9 Å². The van der Waals surface area contributed by atoms with Crippen LogP contribution in [0.3, 0.4) is 0 Å². The Balaban J connectivity index is 1.32. The number of aromatic hydroxyl groups is 3. The predicted molar refractivity (Wildman–Crippen MR) is 172 cm³/mol. The first-order chi connectivity index (χ1) is 21.0. The van der Waals surface area contributed by atoms with Crippen LogP contribution in [0.25, 0.3) is 39.8 Å². The topological polar surface area (TPSA) is 121 Å². The first-order valence-corrected chi connectivity index (χ1v) is 14.8. The van der Waals surface area contributed by atoms with E-state index in [1.807, 2.05) is 49.4 Å². The Morgan fingerprint density at radius 3 is 2.48 bits per heavy atom. The van der Waals surface area contributed by atoms with Gasteiger partial charge in [-0.05, 0) is 81.8 Å². The van der Waals surface area contributed by atoms with Gasteiger partial charge in [0.1, 0.15) is 35.2 Å². The molecule has 0 unspecified atom stereocenters. The third kappa shape index (κ3) is 5.21. The minimum Gasteiger partial charge on any atom is -0.507 e. The molecule has 2 aliphatic carbocycles. The fourth-order valence-corrected chi connectivity index (χ4v) is 6.23. The number of hydrogen-bond acceptors (Lipinski definition) is 7. The van der Waals surface area contributed by atoms with Gasteiger partial charge in [0.05, 0.1) is 12.2 Å². The van der Waals surface area contributed by atoms with Crippen molar-refractivity contribution in [2.45, 2.75) is 51.6 Å². The molecule has 1 atom stereocenters. The molecule has 1 heterocycles. The number of phenols is 3. The van der Waals surface area contributed by atoms with Crippen molar-refractivity contribution in [2.75, 3.05) is 13.2 Å². The van der Waals surface area contributed by atoms with Gasteiger partial charge >= 0.3 is 6.09 Å². The van der Waals surface area contributed by atoms with Crippen molar-refractivity contribution in [1.82, 2.24) is 10.3 Å². The summed E-state index contributed by atoms with van der Waals surface area (Å²) in [4.78, 5) is 16.4. The number of fused-ring (bicyclic) bond motifs is 5. The van der Waals surface area contributed by atoms with Gasteiger partial charge in [-0.3, -0.25) is 4.98 Å². The Hall–Kier alpha value is -4.98. The van der Waals surface area contributed by atoms with E-state index < -0.39 is 17.1 Å². The number of carbonyl (C=O) groups is 1. The molecule has 8 nitrogen and oxygen atoms in total. The minimum absolute atomic E-state index is 0.0335. The summed E-state index contributed by atoms with van der Waals surface area (Å²) >= 11 is 0. The van der Waals surface area contributed by atoms with E-state index in [4.69, 9.17) is 9.47 Å². The first-order valence-electron chi connectivity index (χ1n) is 14.8. The summed E-state index contributed by atoms with van der Waals surface area (Å²) in [5.41, 5.74) is 1.35. The Morgan fingerprint density at radius 1 is 1.00 bits per heavy atom. The summed E-state index contributed by atoms with van der Waals surface area (Å²) in [6, 6.07) is 9.18. The fourth-order valence-electron chi connectivity index (χ4n) is 6.23. The van der Waals surface area contributed by atoms with Crippen LogP contribution in [0, 0.1) is 0 Å². The molecule has 44 heavy (non-hydrogen) atoms. The highest BCUT2D eigenvalue weighted by atomic mass is 16.6. The number of nitrogens with zero attached hydrogens (tertiary/aromatic N) is 1. The molecule has 0 aliphatic heterocycles. The highest BCUT2D eigenvalue weighted by molar-refractivity contribution is 5.98. The molecule has 2 aliphatic rings. The summed E-state index contributed by atoms with van der Waals surface area (Å²) in [6.07, 6.45) is 14.3. The van der Waals surface area contributed by atoms with Gasteiger partial charge in [0.25, 0.3) is 0 Å². The lowest BCUT2D eigenvalue weighted by atomic mass is 9.81. The largest absolute Gasteiger partial charge is 0.507 e. The van der Waals surface area contributed by atoms with Crippen LogP contribution in [0.5, 0.6) is 23.0 Å². The third-order valence-corrected chi connectivity index (χ3v) is 8.09. The van der Waals surface area contributed by atoms with Crippen molar-refractivity contribution in [3.8, 4) is 23.0 Å². The molecule has 0 radical (unpaired) electrons. The van der Waals surface area contributed by atoms with Crippen molar-refractivity contribution < 1.29 is 29.6 Å². The number of allylic oxidation sites excluding steroid dienone is 3. The Morgan fingerprint density at radius 2 is 1.75 bits per heavy atom. The van der Waals surface area contributed by atoms with Gasteiger partial charge in [-0.25, -0.2) is 4.79 Å². The second-order valence-electron chi connectivity index (χ2n) is 12.3. The van der Waals surface area contributed by atoms with Crippen LogP contribution in [0.2, 0.25) is 0 Å². The number of hydrogen-bond donors (Lipinski definition) is 4. The molecule has 1 amide bonds. The van der Waals surface area contributed by atoms with Gasteiger partial charge < -0.3 is 30.1 Å². The molecular formula is C36H36N2O6. The number of aromatic nitrogens is 1. The van der Waals surface area contributed by atoms with Crippen LogP contribution < -0.4 is 20.5 Å². The van der Waals surface area contributed by atoms with E-state index in [2.05, 4.69) is 16.4 Å². The average Bonchev–Trinajstić information content (AvgIpc) is 3.54. The van der Waals surface area contributed by atoms with E-state index >= 15 is 0 Å². The van der Waals surface area contributed by atoms with Gasteiger partial charge in [-0.2, -0.15) is 0 Å². The normalized spacial score (nSPS) is 17.3. The number of benzene rings is 3. The number of rotatable bonds is 6. The second-order valence-corrected chi connectivity index (χ2v) is 12.3. The summed E-state index contributed by atoms with van der Waals surface area (Å²) in [5, 5.41) is 40.6. The van der Waals surface area contributed by atoms with Gasteiger partial charge in [-0.1, -0.05) is 36.4 Å². The molecule has 1 spiro atoms. The molecule has 1 aromatic heterocycles. The number of phenolic OH excluding ortho intramolecular Hbond substituents is 3. The molecular weight excluding hydrogens is 556 g/mol. The quantitative estimate of drug-likeness (QED) is 0.133. The maximum atomic E-state index is 11.9. The van der Waals surface area contributed by atoms with Crippen LogP contribution in [0.15, 0.2) is 54.8 Å². The van der Waals surface area contributed by atoms with Crippen LogP contribution >= 0.6 is 0 Å². The van der Waals surface area contributed by atoms with Crippen molar-refractivity contribution in [1.29, 1.82) is 0 Å². The zero-order valence-corrected chi connectivity index (χ0v) is 25.3. The SMILES string of the molecule is C/C=C/C=C/c1cc2cc3c(c(O)c2cn1)[C@]1(C=c2c(O)c4ccc(OCCNC(=O)OC(C)(C)C)cc4c(O)c2=C1)CC3. The minimum atomic E-state index is -0.681. The van der Waals surface area contributed by atoms with Gasteiger partial charge in [-0.15, -0.1) is 0 Å². The van der Waals surface area contributed by atoms with E-state index in [9.17, 15) is 20.1 Å².